The van der Waals surface area contributed by atoms with Crippen LogP contribution >= 0.6 is 0 Å². The van der Waals surface area contributed by atoms with Crippen LogP contribution in [0.5, 0.6) is 0 Å². The van der Waals surface area contributed by atoms with E-state index < -0.39 is 10.0 Å². The lowest BCUT2D eigenvalue weighted by molar-refractivity contribution is 0.430. The molecular formula is C23H27NO2S. The largest absolute Gasteiger partial charge is 0.243 e. The third kappa shape index (κ3) is 3.87. The molecule has 2 aromatic rings. The Kier molecular flexibility index (Phi) is 5.20. The molecule has 1 fully saturated rings. The summed E-state index contributed by atoms with van der Waals surface area (Å²) in [5.41, 5.74) is 5.36. The minimum absolute atomic E-state index is 0.00693. The first kappa shape index (κ1) is 18.5. The van der Waals surface area contributed by atoms with Crippen molar-refractivity contribution in [3.63, 3.8) is 0 Å². The molecule has 27 heavy (non-hydrogen) atoms. The number of hydrogen-bond acceptors (Lipinski definition) is 2. The van der Waals surface area contributed by atoms with Crippen LogP contribution in [0.25, 0.3) is 0 Å². The van der Waals surface area contributed by atoms with Crippen molar-refractivity contribution in [1.29, 1.82) is 0 Å². The van der Waals surface area contributed by atoms with E-state index in [2.05, 4.69) is 30.3 Å². The van der Waals surface area contributed by atoms with E-state index in [9.17, 15) is 8.42 Å². The molecule has 0 N–H and O–H groups in total. The predicted octanol–water partition coefficient (Wildman–Crippen LogP) is 4.65. The van der Waals surface area contributed by atoms with Gasteiger partial charge in [0.2, 0.25) is 10.0 Å². The first-order chi connectivity index (χ1) is 13.0. The Hall–Kier alpha value is -1.91. The minimum atomic E-state index is -3.43. The molecule has 142 valence electrons. The summed E-state index contributed by atoms with van der Waals surface area (Å²) in [6, 6.07) is 15.9. The van der Waals surface area contributed by atoms with E-state index in [-0.39, 0.29) is 6.04 Å². The maximum atomic E-state index is 13.1. The second-order valence-electron chi connectivity index (χ2n) is 7.73. The van der Waals surface area contributed by atoms with Crippen LogP contribution in [0, 0.1) is 6.92 Å². The highest BCUT2D eigenvalue weighted by Crippen LogP contribution is 2.30. The van der Waals surface area contributed by atoms with Crippen molar-refractivity contribution < 1.29 is 8.42 Å². The van der Waals surface area contributed by atoms with Crippen molar-refractivity contribution in [3.8, 4) is 0 Å². The molecule has 4 rings (SSSR count). The van der Waals surface area contributed by atoms with Gasteiger partial charge in [0.1, 0.15) is 0 Å². The van der Waals surface area contributed by atoms with Gasteiger partial charge in [0.15, 0.2) is 0 Å². The van der Waals surface area contributed by atoms with E-state index in [1.54, 1.807) is 16.4 Å². The van der Waals surface area contributed by atoms with Crippen molar-refractivity contribution in [3.05, 3.63) is 76.9 Å². The van der Waals surface area contributed by atoms with Gasteiger partial charge in [-0.05, 0) is 68.7 Å². The maximum Gasteiger partial charge on any atom is 0.243 e. The lowest BCUT2D eigenvalue weighted by Crippen LogP contribution is -2.34. The Labute approximate surface area is 162 Å². The number of hydrogen-bond donors (Lipinski definition) is 0. The SMILES string of the molecule is Cc1ccc(S(=O)(=O)N2CCC[C@H]2C=C2CCc3ccccc3CC2)cc1. The van der Waals surface area contributed by atoms with Gasteiger partial charge in [0.05, 0.1) is 4.90 Å². The molecule has 1 aliphatic heterocycles. The van der Waals surface area contributed by atoms with Crippen LogP contribution in [0.2, 0.25) is 0 Å². The summed E-state index contributed by atoms with van der Waals surface area (Å²) in [6.45, 7) is 2.59. The predicted molar refractivity (Wildman–Crippen MR) is 109 cm³/mol. The van der Waals surface area contributed by atoms with Crippen LogP contribution in [0.15, 0.2) is 65.1 Å². The maximum absolute atomic E-state index is 13.1. The normalized spacial score (nSPS) is 20.9. The lowest BCUT2D eigenvalue weighted by atomic mass is 10.0. The van der Waals surface area contributed by atoms with Crippen LogP contribution in [-0.4, -0.2) is 25.3 Å². The van der Waals surface area contributed by atoms with Crippen LogP contribution < -0.4 is 0 Å². The fourth-order valence-electron chi connectivity index (χ4n) is 4.28. The zero-order valence-corrected chi connectivity index (χ0v) is 16.7. The molecule has 2 aromatic carbocycles. The van der Waals surface area contributed by atoms with Crippen LogP contribution in [0.3, 0.4) is 0 Å². The molecule has 0 saturated carbocycles. The summed E-state index contributed by atoms with van der Waals surface area (Å²) in [7, 11) is -3.43. The topological polar surface area (TPSA) is 37.4 Å². The Morgan fingerprint density at radius 2 is 1.56 bits per heavy atom. The van der Waals surface area contributed by atoms with E-state index in [4.69, 9.17) is 0 Å². The fraction of sp³-hybridized carbons (Fsp3) is 0.391. The molecule has 2 aliphatic rings. The average molecular weight is 382 g/mol. The van der Waals surface area contributed by atoms with E-state index in [0.29, 0.717) is 11.4 Å². The highest BCUT2D eigenvalue weighted by Gasteiger charge is 2.34. The Balaban J connectivity index is 1.55. The van der Waals surface area contributed by atoms with E-state index in [1.807, 2.05) is 19.1 Å². The number of fused-ring (bicyclic) bond motifs is 1. The summed E-state index contributed by atoms with van der Waals surface area (Å²) < 4.78 is 28.0. The lowest BCUT2D eigenvalue weighted by Gasteiger charge is -2.23. The number of benzene rings is 2. The molecule has 0 spiro atoms. The van der Waals surface area contributed by atoms with Gasteiger partial charge in [-0.1, -0.05) is 53.6 Å². The molecule has 1 saturated heterocycles. The van der Waals surface area contributed by atoms with Crippen molar-refractivity contribution in [1.82, 2.24) is 4.31 Å². The van der Waals surface area contributed by atoms with Gasteiger partial charge in [0, 0.05) is 12.6 Å². The van der Waals surface area contributed by atoms with Gasteiger partial charge in [-0.25, -0.2) is 8.42 Å². The molecule has 3 nitrogen and oxygen atoms in total. The second kappa shape index (κ2) is 7.61. The van der Waals surface area contributed by atoms with Crippen molar-refractivity contribution in [2.24, 2.45) is 0 Å². The van der Waals surface area contributed by atoms with Crippen molar-refractivity contribution >= 4 is 10.0 Å². The van der Waals surface area contributed by atoms with E-state index in [0.717, 1.165) is 44.1 Å². The van der Waals surface area contributed by atoms with E-state index >= 15 is 0 Å². The summed E-state index contributed by atoms with van der Waals surface area (Å²) in [5, 5.41) is 0. The molecule has 0 radical (unpaired) electrons. The molecule has 0 unspecified atom stereocenters. The molecule has 0 amide bonds. The molecule has 4 heteroatoms. The third-order valence-corrected chi connectivity index (χ3v) is 7.79. The van der Waals surface area contributed by atoms with Gasteiger partial charge in [-0.3, -0.25) is 0 Å². The van der Waals surface area contributed by atoms with Crippen LogP contribution in [0.1, 0.15) is 42.4 Å². The smallest absolute Gasteiger partial charge is 0.207 e. The molecule has 0 aromatic heterocycles. The fourth-order valence-corrected chi connectivity index (χ4v) is 5.92. The minimum Gasteiger partial charge on any atom is -0.207 e. The number of allylic oxidation sites excluding steroid dienone is 1. The Morgan fingerprint density at radius 1 is 0.926 bits per heavy atom. The first-order valence-corrected chi connectivity index (χ1v) is 11.3. The molecular weight excluding hydrogens is 354 g/mol. The molecule has 1 heterocycles. The average Bonchev–Trinajstić information content (AvgIpc) is 3.04. The summed E-state index contributed by atoms with van der Waals surface area (Å²) >= 11 is 0. The van der Waals surface area contributed by atoms with Gasteiger partial charge in [-0.15, -0.1) is 0 Å². The van der Waals surface area contributed by atoms with Crippen molar-refractivity contribution in [2.75, 3.05) is 6.54 Å². The Bertz CT molecular complexity index is 916. The monoisotopic (exact) mass is 381 g/mol. The van der Waals surface area contributed by atoms with Gasteiger partial charge >= 0.3 is 0 Å². The van der Waals surface area contributed by atoms with E-state index in [1.165, 1.54) is 16.7 Å². The molecule has 0 bridgehead atoms. The number of nitrogens with zero attached hydrogens (tertiary/aromatic N) is 1. The van der Waals surface area contributed by atoms with Gasteiger partial charge in [-0.2, -0.15) is 4.31 Å². The number of rotatable bonds is 3. The number of aryl methyl sites for hydroxylation is 3. The van der Waals surface area contributed by atoms with Crippen LogP contribution in [-0.2, 0) is 22.9 Å². The Morgan fingerprint density at radius 3 is 2.19 bits per heavy atom. The van der Waals surface area contributed by atoms with Crippen molar-refractivity contribution in [2.45, 2.75) is 56.4 Å². The summed E-state index contributed by atoms with van der Waals surface area (Å²) in [4.78, 5) is 0.409. The second-order valence-corrected chi connectivity index (χ2v) is 9.62. The quantitative estimate of drug-likeness (QED) is 0.573. The summed E-state index contributed by atoms with van der Waals surface area (Å²) in [6.07, 6.45) is 8.28. The molecule has 1 aliphatic carbocycles. The highest BCUT2D eigenvalue weighted by atomic mass is 32.2. The highest BCUT2D eigenvalue weighted by molar-refractivity contribution is 7.89. The zero-order valence-electron chi connectivity index (χ0n) is 15.9. The first-order valence-electron chi connectivity index (χ1n) is 9.89. The van der Waals surface area contributed by atoms with Gasteiger partial charge in [0.25, 0.3) is 0 Å². The zero-order chi connectivity index (χ0) is 18.9. The summed E-state index contributed by atoms with van der Waals surface area (Å²) in [5.74, 6) is 0. The standard InChI is InChI=1S/C23H27NO2S/c1-18-8-14-23(15-9-18)27(25,26)24-16-4-7-22(24)17-19-10-12-20-5-2-3-6-21(20)13-11-19/h2-3,5-6,8-9,14-15,17,22H,4,7,10-13,16H2,1H3/t22-/m0/s1. The number of sulfonamides is 1. The third-order valence-electron chi connectivity index (χ3n) is 5.85. The van der Waals surface area contributed by atoms with Gasteiger partial charge < -0.3 is 0 Å². The van der Waals surface area contributed by atoms with Crippen LogP contribution in [0.4, 0.5) is 0 Å². The molecule has 1 atom stereocenters.